The Morgan fingerprint density at radius 2 is 1.55 bits per heavy atom. The van der Waals surface area contributed by atoms with Gasteiger partial charge in [-0.3, -0.25) is 0 Å². The van der Waals surface area contributed by atoms with E-state index < -0.39 is 0 Å². The Balaban J connectivity index is 2.32. The van der Waals surface area contributed by atoms with Crippen LogP contribution in [0.25, 0.3) is 0 Å². The molecule has 1 aromatic rings. The number of hydrogen-bond donors (Lipinski definition) is 0. The van der Waals surface area contributed by atoms with E-state index in [1.807, 2.05) is 0 Å². The summed E-state index contributed by atoms with van der Waals surface area (Å²) < 4.78 is 0. The molecule has 1 aromatic carbocycles. The van der Waals surface area contributed by atoms with Crippen LogP contribution in [0.5, 0.6) is 0 Å². The van der Waals surface area contributed by atoms with E-state index in [2.05, 4.69) is 56.8 Å². The molecule has 0 aliphatic rings. The molecule has 0 amide bonds. The van der Waals surface area contributed by atoms with Crippen LogP contribution in [0.1, 0.15) is 57.9 Å². The second kappa shape index (κ2) is 12.9. The fourth-order valence-electron chi connectivity index (χ4n) is 2.90. The van der Waals surface area contributed by atoms with Crippen LogP contribution in [0.4, 0.5) is 0 Å². The molecule has 0 spiro atoms. The van der Waals surface area contributed by atoms with Crippen LogP contribution in [-0.2, 0) is 6.42 Å². The van der Waals surface area contributed by atoms with Crippen LogP contribution in [0.2, 0.25) is 0 Å². The van der Waals surface area contributed by atoms with Gasteiger partial charge in [0.05, 0.1) is 0 Å². The van der Waals surface area contributed by atoms with Crippen molar-refractivity contribution in [2.45, 2.75) is 58.8 Å². The van der Waals surface area contributed by atoms with E-state index in [1.54, 1.807) is 0 Å². The minimum absolute atomic E-state index is 0.298. The van der Waals surface area contributed by atoms with E-state index >= 15 is 0 Å². The van der Waals surface area contributed by atoms with Crippen molar-refractivity contribution >= 4 is 7.92 Å². The summed E-state index contributed by atoms with van der Waals surface area (Å²) >= 11 is 0. The smallest absolute Gasteiger partial charge is 0.0196 e. The van der Waals surface area contributed by atoms with E-state index in [0.29, 0.717) is 13.8 Å². The lowest BCUT2D eigenvalue weighted by Crippen LogP contribution is -2.03. The maximum atomic E-state index is 4.06. The zero-order valence-electron chi connectivity index (χ0n) is 14.8. The second-order valence-corrected chi connectivity index (χ2v) is 9.06. The number of hydrogen-bond acceptors (Lipinski definition) is 0. The van der Waals surface area contributed by atoms with Gasteiger partial charge >= 0.3 is 0 Å². The normalized spacial score (nSPS) is 12.5. The molecule has 0 saturated carbocycles. The third kappa shape index (κ3) is 8.74. The average Bonchev–Trinajstić information content (AvgIpc) is 2.56. The molecule has 0 nitrogen and oxygen atoms in total. The van der Waals surface area contributed by atoms with Crippen molar-refractivity contribution in [2.75, 3.05) is 18.5 Å². The van der Waals surface area contributed by atoms with Gasteiger partial charge in [-0.25, -0.2) is 0 Å². The summed E-state index contributed by atoms with van der Waals surface area (Å²) in [4.78, 5) is 0. The molecule has 1 rings (SSSR count). The lowest BCUT2D eigenvalue weighted by atomic mass is 9.95. The molecule has 0 aliphatic heterocycles. The Bertz CT molecular complexity index is 363. The van der Waals surface area contributed by atoms with Gasteiger partial charge in [0.25, 0.3) is 0 Å². The Kier molecular flexibility index (Phi) is 11.4. The van der Waals surface area contributed by atoms with Gasteiger partial charge in [-0.1, -0.05) is 63.1 Å². The van der Waals surface area contributed by atoms with Crippen LogP contribution in [-0.4, -0.2) is 18.5 Å². The predicted molar refractivity (Wildman–Crippen MR) is 104 cm³/mol. The zero-order valence-corrected chi connectivity index (χ0v) is 15.7. The van der Waals surface area contributed by atoms with Crippen molar-refractivity contribution in [3.63, 3.8) is 0 Å². The van der Waals surface area contributed by atoms with Crippen molar-refractivity contribution in [1.82, 2.24) is 0 Å². The van der Waals surface area contributed by atoms with Gasteiger partial charge in [0.2, 0.25) is 0 Å². The predicted octanol–water partition coefficient (Wildman–Crippen LogP) is 6.89. The van der Waals surface area contributed by atoms with Crippen molar-refractivity contribution in [3.8, 4) is 0 Å². The SMILES string of the molecule is C=CC(CCCP(CCCC)CCCC)Cc1ccccc1. The number of rotatable bonds is 13. The fourth-order valence-corrected chi connectivity index (χ4v) is 5.72. The standard InChI is InChI=1S/C21H35P/c1-4-7-16-22(17-8-5-2)18-12-15-20(6-3)19-21-13-10-9-11-14-21/h6,9-11,13-14,20H,3-5,7-8,12,15-19H2,1-2H3. The van der Waals surface area contributed by atoms with Crippen LogP contribution >= 0.6 is 7.92 Å². The van der Waals surface area contributed by atoms with E-state index in [0.717, 1.165) is 6.42 Å². The van der Waals surface area contributed by atoms with Crippen LogP contribution < -0.4 is 0 Å². The van der Waals surface area contributed by atoms with Gasteiger partial charge in [0, 0.05) is 0 Å². The molecule has 1 unspecified atom stereocenters. The van der Waals surface area contributed by atoms with E-state index in [-0.39, 0.29) is 0 Å². The minimum atomic E-state index is 0.298. The van der Waals surface area contributed by atoms with Crippen molar-refractivity contribution in [2.24, 2.45) is 5.92 Å². The van der Waals surface area contributed by atoms with Gasteiger partial charge in [0.15, 0.2) is 0 Å². The van der Waals surface area contributed by atoms with Gasteiger partial charge in [-0.15, -0.1) is 14.5 Å². The number of benzene rings is 1. The fraction of sp³-hybridized carbons (Fsp3) is 0.619. The molecule has 0 bridgehead atoms. The molecular weight excluding hydrogens is 283 g/mol. The molecule has 1 atom stereocenters. The summed E-state index contributed by atoms with van der Waals surface area (Å²) in [6.45, 7) is 8.70. The molecule has 124 valence electrons. The highest BCUT2D eigenvalue weighted by atomic mass is 31.1. The lowest BCUT2D eigenvalue weighted by Gasteiger charge is -2.19. The Hall–Kier alpha value is -0.610. The summed E-state index contributed by atoms with van der Waals surface area (Å²) in [6, 6.07) is 10.9. The molecule has 0 saturated heterocycles. The molecule has 0 heterocycles. The van der Waals surface area contributed by atoms with E-state index in [1.165, 1.54) is 62.6 Å². The molecule has 0 fully saturated rings. The number of allylic oxidation sites excluding steroid dienone is 1. The summed E-state index contributed by atoms with van der Waals surface area (Å²) in [5, 5.41) is 0. The second-order valence-electron chi connectivity index (χ2n) is 6.38. The summed E-state index contributed by atoms with van der Waals surface area (Å²) in [6.07, 6.45) is 16.1. The molecule has 0 aromatic heterocycles. The lowest BCUT2D eigenvalue weighted by molar-refractivity contribution is 0.580. The van der Waals surface area contributed by atoms with Crippen molar-refractivity contribution in [1.29, 1.82) is 0 Å². The maximum absolute atomic E-state index is 4.06. The average molecular weight is 318 g/mol. The maximum Gasteiger partial charge on any atom is -0.0196 e. The van der Waals surface area contributed by atoms with Gasteiger partial charge in [-0.05, 0) is 62.1 Å². The quantitative estimate of drug-likeness (QED) is 0.274. The highest BCUT2D eigenvalue weighted by molar-refractivity contribution is 7.57. The largest absolute Gasteiger partial charge is 0.107 e. The zero-order chi connectivity index (χ0) is 16.0. The number of unbranched alkanes of at least 4 members (excludes halogenated alkanes) is 2. The highest BCUT2D eigenvalue weighted by Gasteiger charge is 2.10. The Labute approximate surface area is 140 Å². The molecule has 22 heavy (non-hydrogen) atoms. The first kappa shape index (κ1) is 19.4. The van der Waals surface area contributed by atoms with Crippen molar-refractivity contribution < 1.29 is 0 Å². The topological polar surface area (TPSA) is 0 Å². The first-order chi connectivity index (χ1) is 10.8. The van der Waals surface area contributed by atoms with Gasteiger partial charge in [-0.2, -0.15) is 0 Å². The minimum Gasteiger partial charge on any atom is -0.107 e. The first-order valence-corrected chi connectivity index (χ1v) is 11.1. The molecule has 0 N–H and O–H groups in total. The van der Waals surface area contributed by atoms with Crippen molar-refractivity contribution in [3.05, 3.63) is 48.6 Å². The molecule has 0 radical (unpaired) electrons. The summed E-state index contributed by atoms with van der Waals surface area (Å²) in [5.41, 5.74) is 1.45. The van der Waals surface area contributed by atoms with E-state index in [4.69, 9.17) is 0 Å². The first-order valence-electron chi connectivity index (χ1n) is 9.19. The van der Waals surface area contributed by atoms with Crippen LogP contribution in [0.3, 0.4) is 0 Å². The molecule has 1 heteroatoms. The van der Waals surface area contributed by atoms with Crippen LogP contribution in [0, 0.1) is 5.92 Å². The monoisotopic (exact) mass is 318 g/mol. The van der Waals surface area contributed by atoms with Gasteiger partial charge in [0.1, 0.15) is 0 Å². The van der Waals surface area contributed by atoms with Crippen LogP contribution in [0.15, 0.2) is 43.0 Å². The summed E-state index contributed by atoms with van der Waals surface area (Å²) in [7, 11) is 0.298. The molecular formula is C21H35P. The Morgan fingerprint density at radius 3 is 2.09 bits per heavy atom. The van der Waals surface area contributed by atoms with Gasteiger partial charge < -0.3 is 0 Å². The highest BCUT2D eigenvalue weighted by Crippen LogP contribution is 2.39. The third-order valence-corrected chi connectivity index (χ3v) is 7.23. The van der Waals surface area contributed by atoms with E-state index in [9.17, 15) is 0 Å². The Morgan fingerprint density at radius 1 is 0.955 bits per heavy atom. The third-order valence-electron chi connectivity index (χ3n) is 4.38. The summed E-state index contributed by atoms with van der Waals surface area (Å²) in [5.74, 6) is 0.650. The molecule has 0 aliphatic carbocycles.